The van der Waals surface area contributed by atoms with Gasteiger partial charge in [0.15, 0.2) is 0 Å². The Labute approximate surface area is 182 Å². The lowest BCUT2D eigenvalue weighted by molar-refractivity contribution is -0.143. The van der Waals surface area contributed by atoms with Crippen LogP contribution in [0.1, 0.15) is 18.5 Å². The van der Waals surface area contributed by atoms with E-state index in [0.29, 0.717) is 17.9 Å². The predicted molar refractivity (Wildman–Crippen MR) is 112 cm³/mol. The van der Waals surface area contributed by atoms with Crippen LogP contribution in [-0.4, -0.2) is 81.4 Å². The highest BCUT2D eigenvalue weighted by Crippen LogP contribution is 2.02. The van der Waals surface area contributed by atoms with Crippen LogP contribution >= 0.6 is 11.8 Å². The number of amides is 4. The van der Waals surface area contributed by atoms with E-state index in [1.54, 1.807) is 0 Å². The van der Waals surface area contributed by atoms with E-state index in [0.717, 1.165) is 0 Å². The molecule has 0 aliphatic carbocycles. The fourth-order valence-electron chi connectivity index (χ4n) is 2.42. The van der Waals surface area contributed by atoms with Crippen LogP contribution < -0.4 is 27.4 Å². The highest BCUT2D eigenvalue weighted by Gasteiger charge is 2.26. The quantitative estimate of drug-likeness (QED) is 0.152. The third-order valence-corrected chi connectivity index (χ3v) is 4.69. The largest absolute Gasteiger partial charge is 0.480 e. The highest BCUT2D eigenvalue weighted by atomic mass is 32.2. The van der Waals surface area contributed by atoms with Crippen molar-refractivity contribution >= 4 is 41.4 Å². The molecular formula is C17H27N7O6S. The molecule has 14 heteroatoms. The van der Waals surface area contributed by atoms with Gasteiger partial charge in [-0.25, -0.2) is 9.78 Å². The molecule has 0 saturated carbocycles. The smallest absolute Gasteiger partial charge is 0.326 e. The number of carboxylic acid groups (broad SMARTS) is 1. The minimum atomic E-state index is -1.52. The fraction of sp³-hybridized carbons (Fsp3) is 0.529. The molecule has 1 rings (SSSR count). The minimum absolute atomic E-state index is 0.0634. The minimum Gasteiger partial charge on any atom is -0.480 e. The van der Waals surface area contributed by atoms with E-state index in [1.807, 2.05) is 6.26 Å². The van der Waals surface area contributed by atoms with Crippen molar-refractivity contribution in [3.05, 3.63) is 18.2 Å². The van der Waals surface area contributed by atoms with Gasteiger partial charge in [-0.05, 0) is 18.4 Å². The summed E-state index contributed by atoms with van der Waals surface area (Å²) in [5.74, 6) is -3.73. The molecule has 0 saturated heterocycles. The summed E-state index contributed by atoms with van der Waals surface area (Å²) in [6, 6.07) is -3.38. The van der Waals surface area contributed by atoms with Crippen LogP contribution in [0.25, 0.3) is 0 Å². The zero-order valence-electron chi connectivity index (χ0n) is 16.9. The molecule has 9 N–H and O–H groups in total. The number of primary amides is 1. The first kappa shape index (κ1) is 25.9. The van der Waals surface area contributed by atoms with Crippen LogP contribution in [0.15, 0.2) is 12.5 Å². The lowest BCUT2D eigenvalue weighted by Gasteiger charge is -2.20. The zero-order valence-corrected chi connectivity index (χ0v) is 17.7. The molecule has 172 valence electrons. The SMILES string of the molecule is CSCCC(N)C(=O)NC(Cc1cnc[nH]1)C(=O)NCC(=O)NC(CC(N)=O)C(=O)O. The zero-order chi connectivity index (χ0) is 23.4. The van der Waals surface area contributed by atoms with Gasteiger partial charge in [-0.2, -0.15) is 11.8 Å². The van der Waals surface area contributed by atoms with Gasteiger partial charge in [0, 0.05) is 18.3 Å². The van der Waals surface area contributed by atoms with Crippen molar-refractivity contribution in [3.63, 3.8) is 0 Å². The van der Waals surface area contributed by atoms with Crippen LogP contribution in [0.3, 0.4) is 0 Å². The van der Waals surface area contributed by atoms with Crippen molar-refractivity contribution in [1.82, 2.24) is 25.9 Å². The Bertz CT molecular complexity index is 773. The number of hydrogen-bond acceptors (Lipinski definition) is 8. The number of hydrogen-bond donors (Lipinski definition) is 7. The van der Waals surface area contributed by atoms with Crippen molar-refractivity contribution in [2.45, 2.75) is 37.4 Å². The van der Waals surface area contributed by atoms with Crippen LogP contribution in [0.5, 0.6) is 0 Å². The molecule has 0 aliphatic rings. The number of carbonyl (C=O) groups is 5. The number of aliphatic carboxylic acids is 1. The molecule has 0 fully saturated rings. The Balaban J connectivity index is 2.71. The van der Waals surface area contributed by atoms with Gasteiger partial charge in [-0.3, -0.25) is 19.2 Å². The summed E-state index contributed by atoms with van der Waals surface area (Å²) in [4.78, 5) is 65.5. The third-order valence-electron chi connectivity index (χ3n) is 4.04. The molecule has 0 aromatic carbocycles. The van der Waals surface area contributed by atoms with E-state index in [2.05, 4.69) is 25.9 Å². The molecule has 3 atom stereocenters. The Morgan fingerprint density at radius 2 is 1.90 bits per heavy atom. The van der Waals surface area contributed by atoms with Crippen LogP contribution in [0.4, 0.5) is 0 Å². The topological polar surface area (TPSA) is 222 Å². The summed E-state index contributed by atoms with van der Waals surface area (Å²) in [7, 11) is 0. The Hall–Kier alpha value is -3.13. The summed E-state index contributed by atoms with van der Waals surface area (Å²) in [6.07, 6.45) is 4.66. The molecule has 3 unspecified atom stereocenters. The van der Waals surface area contributed by atoms with Gasteiger partial charge in [0.25, 0.3) is 0 Å². The van der Waals surface area contributed by atoms with E-state index in [1.165, 1.54) is 24.3 Å². The van der Waals surface area contributed by atoms with E-state index in [9.17, 15) is 24.0 Å². The number of aromatic amines is 1. The van der Waals surface area contributed by atoms with Crippen molar-refractivity contribution in [2.75, 3.05) is 18.6 Å². The van der Waals surface area contributed by atoms with E-state index >= 15 is 0 Å². The first-order valence-electron chi connectivity index (χ1n) is 9.24. The predicted octanol–water partition coefficient (Wildman–Crippen LogP) is -2.92. The first-order valence-corrected chi connectivity index (χ1v) is 10.6. The Morgan fingerprint density at radius 1 is 1.19 bits per heavy atom. The molecule has 0 aliphatic heterocycles. The van der Waals surface area contributed by atoms with Gasteiger partial charge < -0.3 is 37.5 Å². The normalized spacial score (nSPS) is 13.5. The first-order chi connectivity index (χ1) is 14.6. The van der Waals surface area contributed by atoms with Crippen molar-refractivity contribution in [1.29, 1.82) is 0 Å². The average molecular weight is 458 g/mol. The standard InChI is InChI=1S/C17H27N7O6S/c1-31-3-2-10(18)15(27)24-11(4-9-6-20-8-22-9)16(28)21-7-14(26)23-12(17(29)30)5-13(19)25/h6,8,10-12H,2-5,7,18H2,1H3,(H2,19,25)(H,20,22)(H,21,28)(H,23,26)(H,24,27)(H,29,30). The molecule has 1 heterocycles. The van der Waals surface area contributed by atoms with Crippen LogP contribution in [-0.2, 0) is 30.4 Å². The van der Waals surface area contributed by atoms with Crippen LogP contribution in [0, 0.1) is 0 Å². The number of nitrogens with two attached hydrogens (primary N) is 2. The Kier molecular flexibility index (Phi) is 11.1. The number of H-pyrrole nitrogens is 1. The maximum absolute atomic E-state index is 12.6. The van der Waals surface area contributed by atoms with Crippen molar-refractivity contribution in [2.24, 2.45) is 11.5 Å². The number of imidazole rings is 1. The van der Waals surface area contributed by atoms with Gasteiger partial charge in [0.1, 0.15) is 12.1 Å². The van der Waals surface area contributed by atoms with Gasteiger partial charge >= 0.3 is 5.97 Å². The number of aromatic nitrogens is 2. The summed E-state index contributed by atoms with van der Waals surface area (Å²) >= 11 is 1.53. The van der Waals surface area contributed by atoms with Gasteiger partial charge in [-0.15, -0.1) is 0 Å². The second kappa shape index (κ2) is 13.2. The maximum atomic E-state index is 12.6. The van der Waals surface area contributed by atoms with E-state index in [4.69, 9.17) is 16.6 Å². The molecule has 1 aromatic heterocycles. The molecule has 13 nitrogen and oxygen atoms in total. The number of rotatable bonds is 14. The molecule has 4 amide bonds. The number of carbonyl (C=O) groups excluding carboxylic acids is 4. The molecular weight excluding hydrogens is 430 g/mol. The molecule has 31 heavy (non-hydrogen) atoms. The molecule has 0 spiro atoms. The number of thioether (sulfide) groups is 1. The van der Waals surface area contributed by atoms with Gasteiger partial charge in [0.2, 0.25) is 23.6 Å². The second-order valence-electron chi connectivity index (χ2n) is 6.58. The third kappa shape index (κ3) is 9.95. The summed E-state index contributed by atoms with van der Waals surface area (Å²) in [6.45, 7) is -0.574. The lowest BCUT2D eigenvalue weighted by Crippen LogP contribution is -2.54. The molecule has 0 bridgehead atoms. The van der Waals surface area contributed by atoms with Crippen LogP contribution in [0.2, 0.25) is 0 Å². The van der Waals surface area contributed by atoms with E-state index in [-0.39, 0.29) is 6.42 Å². The fourth-order valence-corrected chi connectivity index (χ4v) is 2.91. The van der Waals surface area contributed by atoms with E-state index < -0.39 is 60.7 Å². The number of carboxylic acids is 1. The van der Waals surface area contributed by atoms with Gasteiger partial charge in [0.05, 0.1) is 25.3 Å². The summed E-state index contributed by atoms with van der Waals surface area (Å²) in [5.41, 5.74) is 11.4. The Morgan fingerprint density at radius 3 is 2.45 bits per heavy atom. The van der Waals surface area contributed by atoms with Crippen molar-refractivity contribution < 1.29 is 29.1 Å². The lowest BCUT2D eigenvalue weighted by atomic mass is 10.1. The highest BCUT2D eigenvalue weighted by molar-refractivity contribution is 7.98. The second-order valence-corrected chi connectivity index (χ2v) is 7.56. The van der Waals surface area contributed by atoms with Crippen molar-refractivity contribution in [3.8, 4) is 0 Å². The molecule has 1 aromatic rings. The number of nitrogens with one attached hydrogen (secondary N) is 4. The summed E-state index contributed by atoms with van der Waals surface area (Å²) in [5, 5.41) is 16.0. The monoisotopic (exact) mass is 457 g/mol. The molecule has 0 radical (unpaired) electrons. The van der Waals surface area contributed by atoms with Gasteiger partial charge in [-0.1, -0.05) is 0 Å². The summed E-state index contributed by atoms with van der Waals surface area (Å²) < 4.78 is 0. The average Bonchev–Trinajstić information content (AvgIpc) is 3.21. The number of nitrogens with zero attached hydrogens (tertiary/aromatic N) is 1. The maximum Gasteiger partial charge on any atom is 0.326 e.